The largest absolute Gasteiger partial charge is 0.464 e. The van der Waals surface area contributed by atoms with Crippen LogP contribution in [0.5, 0.6) is 0 Å². The molecule has 1 aromatic carbocycles. The first-order valence-electron chi connectivity index (χ1n) is 11.0. The molecule has 4 rings (SSSR count). The summed E-state index contributed by atoms with van der Waals surface area (Å²) in [6, 6.07) is 6.20. The van der Waals surface area contributed by atoms with Crippen molar-refractivity contribution in [1.29, 1.82) is 0 Å². The van der Waals surface area contributed by atoms with E-state index in [4.69, 9.17) is 4.42 Å². The summed E-state index contributed by atoms with van der Waals surface area (Å²) >= 11 is 0. The number of carbonyl (C=O) groups excluding carboxylic acids is 1. The van der Waals surface area contributed by atoms with E-state index in [-0.39, 0.29) is 6.03 Å². The number of carbonyl (C=O) groups is 1. The number of benzene rings is 1. The highest BCUT2D eigenvalue weighted by Crippen LogP contribution is 2.35. The SMILES string of the molecule is CCCCCCN1CCC(c2coc3ccc(NC(=O)NC4CC4)cc23)CC1. The molecule has 2 N–H and O–H groups in total. The van der Waals surface area contributed by atoms with Gasteiger partial charge in [-0.15, -0.1) is 0 Å². The van der Waals surface area contributed by atoms with Gasteiger partial charge in [0, 0.05) is 22.7 Å². The monoisotopic (exact) mass is 383 g/mol. The van der Waals surface area contributed by atoms with Crippen LogP contribution in [0.15, 0.2) is 28.9 Å². The average molecular weight is 384 g/mol. The van der Waals surface area contributed by atoms with Gasteiger partial charge in [-0.3, -0.25) is 0 Å². The highest BCUT2D eigenvalue weighted by molar-refractivity contribution is 5.93. The van der Waals surface area contributed by atoms with Crippen LogP contribution in [0.1, 0.15) is 69.8 Å². The van der Waals surface area contributed by atoms with Gasteiger partial charge < -0.3 is 20.0 Å². The van der Waals surface area contributed by atoms with E-state index in [1.807, 2.05) is 18.4 Å². The maximum atomic E-state index is 12.0. The van der Waals surface area contributed by atoms with Crippen LogP contribution in [-0.4, -0.2) is 36.6 Å². The van der Waals surface area contributed by atoms with Crippen molar-refractivity contribution in [2.45, 2.75) is 70.3 Å². The standard InChI is InChI=1S/C23H33N3O2/c1-2-3-4-5-12-26-13-10-17(11-14-26)21-16-28-22-9-8-19(15-20(21)22)25-23(27)24-18-6-7-18/h8-9,15-18H,2-7,10-14H2,1H3,(H2,24,25,27). The number of urea groups is 1. The van der Waals surface area contributed by atoms with Gasteiger partial charge in [-0.2, -0.15) is 0 Å². The fraction of sp³-hybridized carbons (Fsp3) is 0.609. The summed E-state index contributed by atoms with van der Waals surface area (Å²) in [4.78, 5) is 14.7. The van der Waals surface area contributed by atoms with Gasteiger partial charge in [0.15, 0.2) is 0 Å². The zero-order chi connectivity index (χ0) is 19.3. The number of nitrogens with one attached hydrogen (secondary N) is 2. The van der Waals surface area contributed by atoms with E-state index in [0.717, 1.165) is 29.5 Å². The van der Waals surface area contributed by atoms with Crippen molar-refractivity contribution < 1.29 is 9.21 Å². The second kappa shape index (κ2) is 8.99. The van der Waals surface area contributed by atoms with Crippen LogP contribution >= 0.6 is 0 Å². The average Bonchev–Trinajstić information content (AvgIpc) is 3.41. The smallest absolute Gasteiger partial charge is 0.319 e. The number of anilines is 1. The highest BCUT2D eigenvalue weighted by atomic mass is 16.3. The lowest BCUT2D eigenvalue weighted by molar-refractivity contribution is 0.208. The van der Waals surface area contributed by atoms with Gasteiger partial charge in [0.2, 0.25) is 0 Å². The van der Waals surface area contributed by atoms with Crippen molar-refractivity contribution in [2.24, 2.45) is 0 Å². The van der Waals surface area contributed by atoms with Crippen LogP contribution in [0.4, 0.5) is 10.5 Å². The molecule has 1 aliphatic heterocycles. The van der Waals surface area contributed by atoms with E-state index in [1.54, 1.807) is 0 Å². The Morgan fingerprint density at radius 2 is 1.96 bits per heavy atom. The van der Waals surface area contributed by atoms with Gasteiger partial charge in [0.25, 0.3) is 0 Å². The van der Waals surface area contributed by atoms with Crippen molar-refractivity contribution in [3.05, 3.63) is 30.0 Å². The van der Waals surface area contributed by atoms with Crippen molar-refractivity contribution in [3.8, 4) is 0 Å². The lowest BCUT2D eigenvalue weighted by Crippen LogP contribution is -2.33. The molecule has 2 aliphatic rings. The van der Waals surface area contributed by atoms with E-state index in [1.165, 1.54) is 63.7 Å². The molecule has 2 heterocycles. The fourth-order valence-corrected chi connectivity index (χ4v) is 4.25. The van der Waals surface area contributed by atoms with Crippen LogP contribution in [0.2, 0.25) is 0 Å². The molecule has 2 fully saturated rings. The summed E-state index contributed by atoms with van der Waals surface area (Å²) in [5.41, 5.74) is 3.04. The van der Waals surface area contributed by atoms with E-state index in [9.17, 15) is 4.79 Å². The first-order valence-corrected chi connectivity index (χ1v) is 11.0. The minimum absolute atomic E-state index is 0.108. The number of likely N-dealkylation sites (tertiary alicyclic amines) is 1. The van der Waals surface area contributed by atoms with E-state index in [0.29, 0.717) is 12.0 Å². The number of rotatable bonds is 8. The van der Waals surface area contributed by atoms with Crippen molar-refractivity contribution in [2.75, 3.05) is 25.0 Å². The summed E-state index contributed by atoms with van der Waals surface area (Å²) in [5, 5.41) is 7.08. The van der Waals surface area contributed by atoms with Crippen molar-refractivity contribution in [3.63, 3.8) is 0 Å². The molecule has 0 unspecified atom stereocenters. The number of hydrogen-bond acceptors (Lipinski definition) is 3. The number of unbranched alkanes of at least 4 members (excludes halogenated alkanes) is 3. The molecule has 5 nitrogen and oxygen atoms in total. The maximum Gasteiger partial charge on any atom is 0.319 e. The Bertz CT molecular complexity index is 788. The molecule has 152 valence electrons. The Kier molecular flexibility index (Phi) is 6.20. The summed E-state index contributed by atoms with van der Waals surface area (Å²) in [5.74, 6) is 0.545. The van der Waals surface area contributed by atoms with Crippen LogP contribution in [0.25, 0.3) is 11.0 Å². The number of nitrogens with zero attached hydrogens (tertiary/aromatic N) is 1. The molecular weight excluding hydrogens is 350 g/mol. The topological polar surface area (TPSA) is 57.5 Å². The molecule has 0 atom stereocenters. The molecule has 0 radical (unpaired) electrons. The number of amides is 2. The summed E-state index contributed by atoms with van der Waals surface area (Å²) < 4.78 is 5.81. The van der Waals surface area contributed by atoms with Crippen molar-refractivity contribution in [1.82, 2.24) is 10.2 Å². The van der Waals surface area contributed by atoms with E-state index in [2.05, 4.69) is 28.5 Å². The Hall–Kier alpha value is -2.01. The van der Waals surface area contributed by atoms with Crippen LogP contribution in [0.3, 0.4) is 0 Å². The molecule has 1 saturated heterocycles. The first kappa shape index (κ1) is 19.3. The number of fused-ring (bicyclic) bond motifs is 1. The molecule has 1 aliphatic carbocycles. The molecule has 1 aromatic heterocycles. The van der Waals surface area contributed by atoms with Gasteiger partial charge in [-0.25, -0.2) is 4.79 Å². The minimum atomic E-state index is -0.108. The Morgan fingerprint density at radius 1 is 1.14 bits per heavy atom. The summed E-state index contributed by atoms with van der Waals surface area (Å²) in [7, 11) is 0. The van der Waals surface area contributed by atoms with Crippen molar-refractivity contribution >= 4 is 22.7 Å². The molecule has 2 aromatic rings. The number of furan rings is 1. The molecule has 1 saturated carbocycles. The predicted molar refractivity (Wildman–Crippen MR) is 114 cm³/mol. The zero-order valence-electron chi connectivity index (χ0n) is 17.0. The lowest BCUT2D eigenvalue weighted by atomic mass is 9.89. The summed E-state index contributed by atoms with van der Waals surface area (Å²) in [6.07, 6.45) is 11.8. The van der Waals surface area contributed by atoms with Gasteiger partial charge in [-0.1, -0.05) is 26.2 Å². The van der Waals surface area contributed by atoms with Crippen LogP contribution in [0, 0.1) is 0 Å². The fourth-order valence-electron chi connectivity index (χ4n) is 4.25. The van der Waals surface area contributed by atoms with Gasteiger partial charge in [0.1, 0.15) is 5.58 Å². The van der Waals surface area contributed by atoms with E-state index < -0.39 is 0 Å². The molecule has 0 bridgehead atoms. The predicted octanol–water partition coefficient (Wildman–Crippen LogP) is 5.48. The highest BCUT2D eigenvalue weighted by Gasteiger charge is 2.25. The zero-order valence-corrected chi connectivity index (χ0v) is 17.0. The number of piperidine rings is 1. The minimum Gasteiger partial charge on any atom is -0.464 e. The lowest BCUT2D eigenvalue weighted by Gasteiger charge is -2.31. The second-order valence-corrected chi connectivity index (χ2v) is 8.45. The van der Waals surface area contributed by atoms with Crippen LogP contribution in [-0.2, 0) is 0 Å². The summed E-state index contributed by atoms with van der Waals surface area (Å²) in [6.45, 7) is 5.85. The first-order chi connectivity index (χ1) is 13.7. The molecule has 0 spiro atoms. The Morgan fingerprint density at radius 3 is 2.71 bits per heavy atom. The molecule has 2 amide bonds. The molecular formula is C23H33N3O2. The quantitative estimate of drug-likeness (QED) is 0.594. The number of hydrogen-bond donors (Lipinski definition) is 2. The molecule has 5 heteroatoms. The maximum absolute atomic E-state index is 12.0. The van der Waals surface area contributed by atoms with Crippen LogP contribution < -0.4 is 10.6 Å². The Labute approximate surface area is 167 Å². The Balaban J connectivity index is 1.36. The van der Waals surface area contributed by atoms with E-state index >= 15 is 0 Å². The molecule has 28 heavy (non-hydrogen) atoms. The third-order valence-electron chi connectivity index (χ3n) is 6.13. The second-order valence-electron chi connectivity index (χ2n) is 8.45. The third-order valence-corrected chi connectivity index (χ3v) is 6.13. The van der Waals surface area contributed by atoms with Gasteiger partial charge in [0.05, 0.1) is 6.26 Å². The third kappa shape index (κ3) is 4.88. The normalized spacial score (nSPS) is 18.5. The van der Waals surface area contributed by atoms with Gasteiger partial charge >= 0.3 is 6.03 Å². The van der Waals surface area contributed by atoms with Gasteiger partial charge in [-0.05, 0) is 75.9 Å².